The fraction of sp³-hybridized carbons (Fsp3) is 0.576. The highest BCUT2D eigenvalue weighted by Crippen LogP contribution is 2.30. The lowest BCUT2D eigenvalue weighted by Gasteiger charge is -2.39. The van der Waals surface area contributed by atoms with Gasteiger partial charge in [0.1, 0.15) is 17.8 Å². The number of hydrogen-bond acceptors (Lipinski definition) is 5. The Hall–Kier alpha value is -2.90. The number of carbonyl (C=O) groups is 2. The van der Waals surface area contributed by atoms with E-state index in [4.69, 9.17) is 9.47 Å². The fourth-order valence-corrected chi connectivity index (χ4v) is 5.63. The Morgan fingerprint density at radius 3 is 2.08 bits per heavy atom. The molecule has 0 aliphatic carbocycles. The van der Waals surface area contributed by atoms with E-state index in [1.165, 1.54) is 19.3 Å². The molecule has 3 rings (SSSR count). The highest BCUT2D eigenvalue weighted by atomic mass is 16.5. The largest absolute Gasteiger partial charge is 0.497 e. The minimum atomic E-state index is -0.628. The van der Waals surface area contributed by atoms with Crippen LogP contribution in [0.3, 0.4) is 0 Å². The lowest BCUT2D eigenvalue weighted by atomic mass is 9.96. The van der Waals surface area contributed by atoms with Gasteiger partial charge < -0.3 is 19.7 Å². The van der Waals surface area contributed by atoms with Gasteiger partial charge in [0, 0.05) is 19.3 Å². The number of hydrogen-bond donors (Lipinski definition) is 1. The predicted octanol–water partition coefficient (Wildman–Crippen LogP) is 6.15. The third kappa shape index (κ3) is 8.55. The number of rotatable bonds is 12. The fourth-order valence-electron chi connectivity index (χ4n) is 5.63. The van der Waals surface area contributed by atoms with Crippen molar-refractivity contribution in [2.45, 2.75) is 78.3 Å². The number of likely N-dealkylation sites (tertiary alicyclic amines) is 1. The third-order valence-electron chi connectivity index (χ3n) is 7.84. The van der Waals surface area contributed by atoms with Crippen LogP contribution in [-0.2, 0) is 14.3 Å². The Kier molecular flexibility index (Phi) is 12.5. The lowest BCUT2D eigenvalue weighted by Crippen LogP contribution is -2.53. The maximum Gasteiger partial charge on any atom is 0.247 e. The molecule has 40 heavy (non-hydrogen) atoms. The number of nitrogens with zero attached hydrogens (tertiary/aromatic N) is 2. The van der Waals surface area contributed by atoms with Gasteiger partial charge in [-0.25, -0.2) is 0 Å². The first-order valence-corrected chi connectivity index (χ1v) is 14.8. The molecule has 1 N–H and O–H groups in total. The van der Waals surface area contributed by atoms with Crippen molar-refractivity contribution in [2.75, 3.05) is 45.8 Å². The van der Waals surface area contributed by atoms with E-state index in [9.17, 15) is 9.59 Å². The second-order valence-corrected chi connectivity index (χ2v) is 11.4. The Balaban J connectivity index is 2.03. The van der Waals surface area contributed by atoms with Gasteiger partial charge in [-0.3, -0.25) is 14.5 Å². The zero-order valence-corrected chi connectivity index (χ0v) is 25.4. The van der Waals surface area contributed by atoms with E-state index in [1.807, 2.05) is 56.3 Å². The zero-order valence-electron chi connectivity index (χ0n) is 25.4. The second kappa shape index (κ2) is 15.8. The summed E-state index contributed by atoms with van der Waals surface area (Å²) < 4.78 is 10.9. The number of amides is 2. The molecule has 2 aromatic rings. The van der Waals surface area contributed by atoms with Gasteiger partial charge >= 0.3 is 0 Å². The van der Waals surface area contributed by atoms with E-state index in [2.05, 4.69) is 24.1 Å². The van der Waals surface area contributed by atoms with Gasteiger partial charge in [0.25, 0.3) is 0 Å². The van der Waals surface area contributed by atoms with E-state index in [-0.39, 0.29) is 17.7 Å². The molecule has 7 heteroatoms. The summed E-state index contributed by atoms with van der Waals surface area (Å²) in [5.74, 6) is 0.763. The number of para-hydroxylation sites is 1. The zero-order chi connectivity index (χ0) is 29.1. The molecule has 2 amide bonds. The molecule has 1 aliphatic rings. The molecule has 0 spiro atoms. The van der Waals surface area contributed by atoms with Crippen molar-refractivity contribution in [2.24, 2.45) is 5.92 Å². The summed E-state index contributed by atoms with van der Waals surface area (Å²) in [5, 5.41) is 3.18. The lowest BCUT2D eigenvalue weighted by molar-refractivity contribution is -0.145. The number of methoxy groups -OCH3 is 2. The number of benzene rings is 2. The van der Waals surface area contributed by atoms with Crippen molar-refractivity contribution >= 4 is 17.5 Å². The average molecular weight is 552 g/mol. The van der Waals surface area contributed by atoms with Crippen LogP contribution in [-0.4, -0.2) is 68.1 Å². The summed E-state index contributed by atoms with van der Waals surface area (Å²) in [7, 11) is 3.28. The van der Waals surface area contributed by atoms with Crippen LogP contribution in [0.1, 0.15) is 75.1 Å². The van der Waals surface area contributed by atoms with Crippen LogP contribution in [0.25, 0.3) is 0 Å². The van der Waals surface area contributed by atoms with Crippen molar-refractivity contribution in [3.05, 3.63) is 59.2 Å². The topological polar surface area (TPSA) is 71.1 Å². The molecule has 7 nitrogen and oxygen atoms in total. The van der Waals surface area contributed by atoms with Gasteiger partial charge in [-0.05, 0) is 80.9 Å². The van der Waals surface area contributed by atoms with Gasteiger partial charge in [0.2, 0.25) is 11.8 Å². The molecular weight excluding hydrogens is 502 g/mol. The van der Waals surface area contributed by atoms with Crippen molar-refractivity contribution in [1.29, 1.82) is 0 Å². The molecule has 0 aromatic heterocycles. The van der Waals surface area contributed by atoms with Crippen molar-refractivity contribution < 1.29 is 19.1 Å². The van der Waals surface area contributed by atoms with Crippen molar-refractivity contribution in [3.8, 4) is 5.75 Å². The molecule has 0 saturated carbocycles. The number of carbonyl (C=O) groups excluding carboxylic acids is 2. The molecule has 0 bridgehead atoms. The van der Waals surface area contributed by atoms with Gasteiger partial charge in [-0.2, -0.15) is 0 Å². The van der Waals surface area contributed by atoms with E-state index in [1.54, 1.807) is 19.1 Å². The Labute approximate surface area is 241 Å². The Morgan fingerprint density at radius 1 is 0.925 bits per heavy atom. The van der Waals surface area contributed by atoms with Crippen molar-refractivity contribution in [3.63, 3.8) is 0 Å². The molecule has 2 aromatic carbocycles. The number of aryl methyl sites for hydroxylation is 2. The van der Waals surface area contributed by atoms with Crippen LogP contribution in [0.4, 0.5) is 5.69 Å². The summed E-state index contributed by atoms with van der Waals surface area (Å²) in [6.45, 7) is 10.6. The predicted molar refractivity (Wildman–Crippen MR) is 162 cm³/mol. The standard InChI is InChI=1S/C33H49N3O4/c1-24(2)23-29(32(37)34-30-25(3)13-12-14-26(30)4)36(21-22-39-5)33(38)31(27-15-17-28(40-6)18-16-27)35-19-10-8-7-9-11-20-35/h12-18,24,29,31H,7-11,19-23H2,1-6H3,(H,34,37). The maximum absolute atomic E-state index is 14.7. The average Bonchev–Trinajstić information content (AvgIpc) is 2.91. The summed E-state index contributed by atoms with van der Waals surface area (Å²) in [6, 6.07) is 12.7. The molecule has 1 saturated heterocycles. The minimum absolute atomic E-state index is 0.0508. The molecular formula is C33H49N3O4. The summed E-state index contributed by atoms with van der Waals surface area (Å²) in [4.78, 5) is 32.8. The Bertz CT molecular complexity index is 1060. The summed E-state index contributed by atoms with van der Waals surface area (Å²) >= 11 is 0. The van der Waals surface area contributed by atoms with Crippen LogP contribution in [0.5, 0.6) is 5.75 Å². The molecule has 220 valence electrons. The van der Waals surface area contributed by atoms with E-state index < -0.39 is 12.1 Å². The monoisotopic (exact) mass is 551 g/mol. The van der Waals surface area contributed by atoms with E-state index in [0.717, 1.165) is 54.1 Å². The molecule has 1 fully saturated rings. The first kappa shape index (κ1) is 31.6. The van der Waals surface area contributed by atoms with Crippen LogP contribution in [0.2, 0.25) is 0 Å². The molecule has 1 heterocycles. The molecule has 0 radical (unpaired) electrons. The maximum atomic E-state index is 14.7. The van der Waals surface area contributed by atoms with Crippen LogP contribution >= 0.6 is 0 Å². The van der Waals surface area contributed by atoms with Gasteiger partial charge in [0.05, 0.1) is 13.7 Å². The van der Waals surface area contributed by atoms with Crippen LogP contribution < -0.4 is 10.1 Å². The minimum Gasteiger partial charge on any atom is -0.497 e. The summed E-state index contributed by atoms with van der Waals surface area (Å²) in [5.41, 5.74) is 3.74. The number of anilines is 1. The Morgan fingerprint density at radius 2 is 1.52 bits per heavy atom. The number of nitrogens with one attached hydrogen (secondary N) is 1. The highest BCUT2D eigenvalue weighted by molar-refractivity contribution is 5.99. The number of ether oxygens (including phenoxy) is 2. The third-order valence-corrected chi connectivity index (χ3v) is 7.84. The van der Waals surface area contributed by atoms with Gasteiger partial charge in [0.15, 0.2) is 0 Å². The molecule has 2 unspecified atom stereocenters. The van der Waals surface area contributed by atoms with Crippen molar-refractivity contribution in [1.82, 2.24) is 9.80 Å². The van der Waals surface area contributed by atoms with Crippen LogP contribution in [0.15, 0.2) is 42.5 Å². The highest BCUT2D eigenvalue weighted by Gasteiger charge is 2.37. The van der Waals surface area contributed by atoms with E-state index >= 15 is 0 Å². The molecule has 1 aliphatic heterocycles. The first-order valence-electron chi connectivity index (χ1n) is 14.8. The first-order chi connectivity index (χ1) is 19.3. The smallest absolute Gasteiger partial charge is 0.247 e. The molecule has 2 atom stereocenters. The van der Waals surface area contributed by atoms with Gasteiger partial charge in [-0.15, -0.1) is 0 Å². The van der Waals surface area contributed by atoms with Gasteiger partial charge in [-0.1, -0.05) is 63.4 Å². The second-order valence-electron chi connectivity index (χ2n) is 11.4. The quantitative estimate of drug-likeness (QED) is 0.343. The normalized spacial score (nSPS) is 16.1. The van der Waals surface area contributed by atoms with Crippen LogP contribution in [0, 0.1) is 19.8 Å². The SMILES string of the molecule is COCCN(C(=O)C(c1ccc(OC)cc1)N1CCCCCCC1)C(CC(C)C)C(=O)Nc1c(C)cccc1C. The summed E-state index contributed by atoms with van der Waals surface area (Å²) in [6.07, 6.45) is 6.25. The van der Waals surface area contributed by atoms with E-state index in [0.29, 0.717) is 19.6 Å².